The summed E-state index contributed by atoms with van der Waals surface area (Å²) in [5, 5.41) is 1.89. The minimum absolute atomic E-state index is 0.000268. The van der Waals surface area contributed by atoms with E-state index in [1.54, 1.807) is 4.90 Å². The van der Waals surface area contributed by atoms with Crippen LogP contribution in [0, 0.1) is 11.7 Å². The summed E-state index contributed by atoms with van der Waals surface area (Å²) in [6.07, 6.45) is 0.540. The van der Waals surface area contributed by atoms with Crippen molar-refractivity contribution < 1.29 is 22.4 Å². The molecule has 1 heterocycles. The highest BCUT2D eigenvalue weighted by Gasteiger charge is 2.33. The Bertz CT molecular complexity index is 892. The van der Waals surface area contributed by atoms with E-state index >= 15 is 0 Å². The summed E-state index contributed by atoms with van der Waals surface area (Å²) in [4.78, 5) is 26.4. The third kappa shape index (κ3) is 6.18. The van der Waals surface area contributed by atoms with Crippen molar-refractivity contribution in [2.45, 2.75) is 71.5 Å². The molecule has 9 heteroatoms. The van der Waals surface area contributed by atoms with Crippen LogP contribution in [0.3, 0.4) is 0 Å². The monoisotopic (exact) mass is 455 g/mol. The number of hydrogen-bond acceptors (Lipinski definition) is 4. The maximum Gasteiger partial charge on any atom is 0.332 e. The number of nitrogens with one attached hydrogen (secondary N) is 2. The summed E-state index contributed by atoms with van der Waals surface area (Å²) in [6, 6.07) is 1.86. The van der Waals surface area contributed by atoms with Crippen LogP contribution in [0.4, 0.5) is 14.9 Å². The van der Waals surface area contributed by atoms with Crippen LogP contribution < -0.4 is 10.0 Å². The lowest BCUT2D eigenvalue weighted by Gasteiger charge is -2.32. The summed E-state index contributed by atoms with van der Waals surface area (Å²) in [7, 11) is -3.92. The van der Waals surface area contributed by atoms with Gasteiger partial charge in [0.2, 0.25) is 15.9 Å². The molecule has 1 aromatic carbocycles. The van der Waals surface area contributed by atoms with E-state index in [-0.39, 0.29) is 36.5 Å². The number of likely N-dealkylation sites (tertiary alicyclic amines) is 1. The fourth-order valence-corrected chi connectivity index (χ4v) is 5.12. The number of rotatable bonds is 6. The number of carbonyl (C=O) groups excluding carboxylic acids is 2. The lowest BCUT2D eigenvalue weighted by molar-refractivity contribution is -0.135. The number of piperidine rings is 1. The van der Waals surface area contributed by atoms with E-state index in [4.69, 9.17) is 0 Å². The van der Waals surface area contributed by atoms with E-state index < -0.39 is 27.1 Å². The first kappa shape index (κ1) is 25.1. The highest BCUT2D eigenvalue weighted by Crippen LogP contribution is 2.33. The molecular formula is C22H34FN3O4S. The molecule has 0 spiro atoms. The van der Waals surface area contributed by atoms with Gasteiger partial charge < -0.3 is 10.2 Å². The molecule has 0 bridgehead atoms. The van der Waals surface area contributed by atoms with Crippen molar-refractivity contribution in [2.24, 2.45) is 5.92 Å². The molecule has 0 radical (unpaired) electrons. The molecule has 174 valence electrons. The molecule has 2 rings (SSSR count). The van der Waals surface area contributed by atoms with E-state index in [2.05, 4.69) is 10.0 Å². The molecule has 1 aliphatic heterocycles. The van der Waals surface area contributed by atoms with Crippen molar-refractivity contribution in [2.75, 3.05) is 18.4 Å². The maximum atomic E-state index is 14.1. The van der Waals surface area contributed by atoms with E-state index in [1.165, 1.54) is 12.1 Å². The maximum absolute atomic E-state index is 14.1. The van der Waals surface area contributed by atoms with Gasteiger partial charge in [-0.1, -0.05) is 41.5 Å². The summed E-state index contributed by atoms with van der Waals surface area (Å²) >= 11 is 0. The Kier molecular flexibility index (Phi) is 8.08. The summed E-state index contributed by atoms with van der Waals surface area (Å²) in [5.41, 5.74) is 1.66. The highest BCUT2D eigenvalue weighted by atomic mass is 32.2. The minimum Gasteiger partial charge on any atom is -0.342 e. The van der Waals surface area contributed by atoms with Crippen molar-refractivity contribution >= 4 is 27.6 Å². The molecular weight excluding hydrogens is 421 g/mol. The number of anilines is 1. The number of urea groups is 1. The number of sulfonamides is 1. The van der Waals surface area contributed by atoms with Crippen molar-refractivity contribution in [3.05, 3.63) is 29.1 Å². The third-order valence-corrected chi connectivity index (χ3v) is 7.39. The van der Waals surface area contributed by atoms with Gasteiger partial charge in [-0.25, -0.2) is 22.3 Å². The number of nitrogens with zero attached hydrogens (tertiary/aromatic N) is 1. The van der Waals surface area contributed by atoms with Gasteiger partial charge in [-0.2, -0.15) is 0 Å². The molecule has 3 amide bonds. The average Bonchev–Trinajstić information content (AvgIpc) is 2.67. The number of halogens is 1. The van der Waals surface area contributed by atoms with Gasteiger partial charge in [-0.15, -0.1) is 0 Å². The quantitative estimate of drug-likeness (QED) is 0.673. The summed E-state index contributed by atoms with van der Waals surface area (Å²) in [6.45, 7) is 11.8. The van der Waals surface area contributed by atoms with Gasteiger partial charge in [0, 0.05) is 24.7 Å². The van der Waals surface area contributed by atoms with Crippen LogP contribution in [-0.4, -0.2) is 43.6 Å². The van der Waals surface area contributed by atoms with Crippen molar-refractivity contribution in [3.8, 4) is 0 Å². The summed E-state index contributed by atoms with van der Waals surface area (Å²) < 4.78 is 41.7. The van der Waals surface area contributed by atoms with Crippen LogP contribution in [0.2, 0.25) is 0 Å². The van der Waals surface area contributed by atoms with Gasteiger partial charge in [-0.3, -0.25) is 4.79 Å². The Hall–Kier alpha value is -2.16. The zero-order valence-electron chi connectivity index (χ0n) is 19.2. The van der Waals surface area contributed by atoms with Crippen LogP contribution >= 0.6 is 0 Å². The molecule has 31 heavy (non-hydrogen) atoms. The van der Waals surface area contributed by atoms with E-state index in [0.29, 0.717) is 29.9 Å². The Morgan fingerprint density at radius 3 is 1.90 bits per heavy atom. The van der Waals surface area contributed by atoms with Crippen LogP contribution in [0.5, 0.6) is 0 Å². The number of hydrogen-bond donors (Lipinski definition) is 2. The molecule has 0 saturated carbocycles. The first-order chi connectivity index (χ1) is 14.3. The first-order valence-electron chi connectivity index (χ1n) is 10.8. The standard InChI is InChI=1S/C22H34FN3O4S/c1-13(2)18-11-16(23)12-19(14(3)4)20(18)24-22(28)25-31(29,30)17-7-9-26(10-8-17)21(27)15(5)6/h11-15,17H,7-10H2,1-6H3,(H2,24,25,28). The van der Waals surface area contributed by atoms with E-state index in [9.17, 15) is 22.4 Å². The van der Waals surface area contributed by atoms with Crippen molar-refractivity contribution in [3.63, 3.8) is 0 Å². The first-order valence-corrected chi connectivity index (χ1v) is 12.3. The van der Waals surface area contributed by atoms with Gasteiger partial charge in [0.25, 0.3) is 0 Å². The third-order valence-electron chi connectivity index (χ3n) is 5.57. The molecule has 2 N–H and O–H groups in total. The van der Waals surface area contributed by atoms with Gasteiger partial charge >= 0.3 is 6.03 Å². The molecule has 1 aromatic rings. The lowest BCUT2D eigenvalue weighted by atomic mass is 9.92. The number of carbonyl (C=O) groups is 2. The Morgan fingerprint density at radius 1 is 1.00 bits per heavy atom. The molecule has 0 aromatic heterocycles. The van der Waals surface area contributed by atoms with Crippen molar-refractivity contribution in [1.82, 2.24) is 9.62 Å². The minimum atomic E-state index is -3.92. The fourth-order valence-electron chi connectivity index (χ4n) is 3.81. The zero-order chi connectivity index (χ0) is 23.5. The molecule has 0 atom stereocenters. The average molecular weight is 456 g/mol. The molecule has 0 unspecified atom stereocenters. The predicted molar refractivity (Wildman–Crippen MR) is 120 cm³/mol. The smallest absolute Gasteiger partial charge is 0.332 e. The lowest BCUT2D eigenvalue weighted by Crippen LogP contribution is -2.48. The second-order valence-electron chi connectivity index (χ2n) is 9.05. The van der Waals surface area contributed by atoms with E-state index in [0.717, 1.165) is 0 Å². The zero-order valence-corrected chi connectivity index (χ0v) is 20.0. The highest BCUT2D eigenvalue weighted by molar-refractivity contribution is 7.90. The largest absolute Gasteiger partial charge is 0.342 e. The number of amides is 3. The Morgan fingerprint density at radius 2 is 1.48 bits per heavy atom. The van der Waals surface area contributed by atoms with E-state index in [1.807, 2.05) is 41.5 Å². The summed E-state index contributed by atoms with van der Waals surface area (Å²) in [5.74, 6) is -0.669. The van der Waals surface area contributed by atoms with Crippen LogP contribution in [0.1, 0.15) is 77.3 Å². The second kappa shape index (κ2) is 9.97. The van der Waals surface area contributed by atoms with Gasteiger partial charge in [0.1, 0.15) is 5.82 Å². The predicted octanol–water partition coefficient (Wildman–Crippen LogP) is 4.17. The SMILES string of the molecule is CC(C)C(=O)N1CCC(S(=O)(=O)NC(=O)Nc2c(C(C)C)cc(F)cc2C(C)C)CC1. The normalized spacial score (nSPS) is 15.6. The molecule has 7 nitrogen and oxygen atoms in total. The molecule has 1 fully saturated rings. The van der Waals surface area contributed by atoms with Crippen LogP contribution in [0.25, 0.3) is 0 Å². The van der Waals surface area contributed by atoms with Gasteiger partial charge in [0.15, 0.2) is 0 Å². The molecule has 0 aliphatic carbocycles. The number of benzene rings is 1. The van der Waals surface area contributed by atoms with Crippen molar-refractivity contribution in [1.29, 1.82) is 0 Å². The second-order valence-corrected chi connectivity index (χ2v) is 11.0. The fraction of sp³-hybridized carbons (Fsp3) is 0.636. The van der Waals surface area contributed by atoms with Gasteiger partial charge in [0.05, 0.1) is 5.25 Å². The molecule has 1 aliphatic rings. The van der Waals surface area contributed by atoms with Crippen LogP contribution in [0.15, 0.2) is 12.1 Å². The molecule has 1 saturated heterocycles. The topological polar surface area (TPSA) is 95.6 Å². The Balaban J connectivity index is 2.13. The Labute approximate surface area is 184 Å². The van der Waals surface area contributed by atoms with Crippen LogP contribution in [-0.2, 0) is 14.8 Å². The van der Waals surface area contributed by atoms with Gasteiger partial charge in [-0.05, 0) is 47.9 Å².